The van der Waals surface area contributed by atoms with E-state index < -0.39 is 54.6 Å². The van der Waals surface area contributed by atoms with Crippen molar-refractivity contribution < 1.29 is 38.5 Å². The highest BCUT2D eigenvalue weighted by molar-refractivity contribution is 5.97. The van der Waals surface area contributed by atoms with E-state index in [9.17, 15) is 24.3 Å². The fourth-order valence-corrected chi connectivity index (χ4v) is 3.17. The van der Waals surface area contributed by atoms with E-state index in [2.05, 4.69) is 10.3 Å². The maximum Gasteiger partial charge on any atom is 0.332 e. The number of aromatic nitrogens is 1. The van der Waals surface area contributed by atoms with Gasteiger partial charge in [-0.2, -0.15) is 0 Å². The van der Waals surface area contributed by atoms with Crippen molar-refractivity contribution in [2.45, 2.75) is 65.7 Å². The molecule has 1 unspecified atom stereocenters. The van der Waals surface area contributed by atoms with E-state index in [1.807, 2.05) is 6.92 Å². The molecule has 1 saturated heterocycles. The van der Waals surface area contributed by atoms with Crippen LogP contribution in [0.3, 0.4) is 0 Å². The van der Waals surface area contributed by atoms with Gasteiger partial charge in [0, 0.05) is 6.20 Å². The van der Waals surface area contributed by atoms with Crippen molar-refractivity contribution in [2.75, 3.05) is 6.61 Å². The first-order chi connectivity index (χ1) is 15.1. The Hall–Kier alpha value is -3.17. The van der Waals surface area contributed by atoms with Crippen LogP contribution in [0.1, 0.15) is 56.6 Å². The Morgan fingerprint density at radius 2 is 2.00 bits per heavy atom. The molecule has 10 heteroatoms. The van der Waals surface area contributed by atoms with Gasteiger partial charge in [0.15, 0.2) is 17.8 Å². The molecule has 1 aromatic heterocycles. The van der Waals surface area contributed by atoms with Crippen molar-refractivity contribution >= 4 is 23.8 Å². The summed E-state index contributed by atoms with van der Waals surface area (Å²) in [5.41, 5.74) is 0.155. The molecule has 0 spiro atoms. The minimum absolute atomic E-state index is 0.274. The van der Waals surface area contributed by atoms with Crippen molar-refractivity contribution in [3.63, 3.8) is 0 Å². The molecule has 0 saturated carbocycles. The van der Waals surface area contributed by atoms with Crippen molar-refractivity contribution in [2.24, 2.45) is 11.8 Å². The van der Waals surface area contributed by atoms with Gasteiger partial charge in [0.2, 0.25) is 0 Å². The van der Waals surface area contributed by atoms with Crippen LogP contribution in [0, 0.1) is 18.8 Å². The molecule has 2 N–H and O–H groups in total. The average Bonchev–Trinajstić information content (AvgIpc) is 2.79. The highest BCUT2D eigenvalue weighted by atomic mass is 16.6. The van der Waals surface area contributed by atoms with Crippen LogP contribution in [0.15, 0.2) is 12.3 Å². The molecule has 0 aromatic carbocycles. The molecule has 32 heavy (non-hydrogen) atoms. The number of cyclic esters (lactones) is 2. The zero-order chi connectivity index (χ0) is 24.0. The molecule has 1 aliphatic heterocycles. The number of esters is 3. The molecular formula is C22H30N2O8. The predicted octanol–water partition coefficient (Wildman–Crippen LogP) is 1.67. The SMILES string of the molecule is CCC(C)C(=O)O[C@H]1[C@H](C)OC(=O)[C@@H](NC(=O)c2nccc(C)c2O)COC(=O)[C@@H]1CC. The summed E-state index contributed by atoms with van der Waals surface area (Å²) < 4.78 is 16.2. The molecule has 0 radical (unpaired) electrons. The van der Waals surface area contributed by atoms with Gasteiger partial charge in [0.25, 0.3) is 5.91 Å². The van der Waals surface area contributed by atoms with E-state index in [1.54, 1.807) is 20.8 Å². The van der Waals surface area contributed by atoms with Crippen LogP contribution in [-0.4, -0.2) is 58.8 Å². The van der Waals surface area contributed by atoms with Gasteiger partial charge in [-0.1, -0.05) is 20.8 Å². The molecule has 2 heterocycles. The summed E-state index contributed by atoms with van der Waals surface area (Å²) in [4.78, 5) is 54.2. The molecular weight excluding hydrogens is 420 g/mol. The number of ether oxygens (including phenoxy) is 3. The normalized spacial score (nSPS) is 24.8. The number of aromatic hydroxyl groups is 1. The van der Waals surface area contributed by atoms with Gasteiger partial charge >= 0.3 is 17.9 Å². The van der Waals surface area contributed by atoms with E-state index in [-0.39, 0.29) is 23.8 Å². The Bertz CT molecular complexity index is 871. The lowest BCUT2D eigenvalue weighted by Crippen LogP contribution is -2.46. The minimum Gasteiger partial charge on any atom is -0.505 e. The molecule has 176 valence electrons. The highest BCUT2D eigenvalue weighted by Gasteiger charge is 2.41. The van der Waals surface area contributed by atoms with Crippen molar-refractivity contribution in [3.05, 3.63) is 23.5 Å². The van der Waals surface area contributed by atoms with E-state index in [0.717, 1.165) is 0 Å². The number of aryl methyl sites for hydroxylation is 1. The van der Waals surface area contributed by atoms with Crippen molar-refractivity contribution in [3.8, 4) is 5.75 Å². The van der Waals surface area contributed by atoms with Gasteiger partial charge in [-0.25, -0.2) is 9.78 Å². The van der Waals surface area contributed by atoms with E-state index in [1.165, 1.54) is 19.2 Å². The number of nitrogens with zero attached hydrogens (tertiary/aromatic N) is 1. The number of rotatable bonds is 6. The van der Waals surface area contributed by atoms with Crippen molar-refractivity contribution in [1.82, 2.24) is 10.3 Å². The lowest BCUT2D eigenvalue weighted by atomic mass is 9.95. The Kier molecular flexibility index (Phi) is 8.56. The number of hydrogen-bond acceptors (Lipinski definition) is 9. The molecule has 10 nitrogen and oxygen atoms in total. The molecule has 1 fully saturated rings. The average molecular weight is 450 g/mol. The van der Waals surface area contributed by atoms with Gasteiger partial charge in [0.1, 0.15) is 18.5 Å². The zero-order valence-electron chi connectivity index (χ0n) is 18.9. The van der Waals surface area contributed by atoms with E-state index in [0.29, 0.717) is 12.0 Å². The lowest BCUT2D eigenvalue weighted by molar-refractivity contribution is -0.177. The quantitative estimate of drug-likeness (QED) is 0.489. The molecule has 0 aliphatic carbocycles. The monoisotopic (exact) mass is 450 g/mol. The topological polar surface area (TPSA) is 141 Å². The maximum absolute atomic E-state index is 12.7. The summed E-state index contributed by atoms with van der Waals surface area (Å²) in [6.07, 6.45) is 0.188. The van der Waals surface area contributed by atoms with Crippen molar-refractivity contribution in [1.29, 1.82) is 0 Å². The Morgan fingerprint density at radius 3 is 2.62 bits per heavy atom. The fourth-order valence-electron chi connectivity index (χ4n) is 3.17. The van der Waals surface area contributed by atoms with Crippen LogP contribution in [0.5, 0.6) is 5.75 Å². The molecule has 1 aromatic rings. The molecule has 1 aliphatic rings. The van der Waals surface area contributed by atoms with E-state index in [4.69, 9.17) is 14.2 Å². The first-order valence-electron chi connectivity index (χ1n) is 10.6. The summed E-state index contributed by atoms with van der Waals surface area (Å²) in [6.45, 7) is 7.89. The largest absolute Gasteiger partial charge is 0.505 e. The minimum atomic E-state index is -1.34. The second-order valence-corrected chi connectivity index (χ2v) is 7.85. The molecule has 5 atom stereocenters. The second-order valence-electron chi connectivity index (χ2n) is 7.85. The molecule has 2 rings (SSSR count). The Labute approximate surface area is 186 Å². The third-order valence-corrected chi connectivity index (χ3v) is 5.49. The summed E-state index contributed by atoms with van der Waals surface area (Å²) in [5.74, 6) is -4.43. The summed E-state index contributed by atoms with van der Waals surface area (Å²) in [7, 11) is 0. The molecule has 1 amide bonds. The Morgan fingerprint density at radius 1 is 1.31 bits per heavy atom. The maximum atomic E-state index is 12.7. The highest BCUT2D eigenvalue weighted by Crippen LogP contribution is 2.24. The third kappa shape index (κ3) is 5.74. The van der Waals surface area contributed by atoms with Crippen LogP contribution in [0.4, 0.5) is 0 Å². The van der Waals surface area contributed by atoms with Gasteiger partial charge in [-0.15, -0.1) is 0 Å². The zero-order valence-corrected chi connectivity index (χ0v) is 18.9. The third-order valence-electron chi connectivity index (χ3n) is 5.49. The van der Waals surface area contributed by atoms with Gasteiger partial charge in [-0.05, 0) is 38.3 Å². The summed E-state index contributed by atoms with van der Waals surface area (Å²) >= 11 is 0. The number of nitrogens with one attached hydrogen (secondary N) is 1. The number of carbonyl (C=O) groups excluding carboxylic acids is 4. The number of amides is 1. The smallest absolute Gasteiger partial charge is 0.332 e. The standard InChI is InChI=1S/C22H30N2O8/c1-6-11(3)20(27)32-18-13(5)31-22(29)15(10-30-21(28)14(18)7-2)24-19(26)16-17(25)12(4)8-9-23-16/h8-9,11,13-15,18,25H,6-7,10H2,1-5H3,(H,24,26)/t11?,13-,14+,15-,18-/m0/s1. The van der Waals surface area contributed by atoms with Crippen LogP contribution < -0.4 is 5.32 Å². The van der Waals surface area contributed by atoms with Gasteiger partial charge in [0.05, 0.1) is 11.8 Å². The van der Waals surface area contributed by atoms with Gasteiger partial charge < -0.3 is 24.6 Å². The second kappa shape index (κ2) is 10.9. The van der Waals surface area contributed by atoms with Crippen LogP contribution in [0.25, 0.3) is 0 Å². The van der Waals surface area contributed by atoms with Gasteiger partial charge in [-0.3, -0.25) is 14.4 Å². The lowest BCUT2D eigenvalue weighted by Gasteiger charge is -2.29. The summed E-state index contributed by atoms with van der Waals surface area (Å²) in [5, 5.41) is 12.5. The predicted molar refractivity (Wildman–Crippen MR) is 112 cm³/mol. The van der Waals surface area contributed by atoms with E-state index >= 15 is 0 Å². The van der Waals surface area contributed by atoms with Crippen LogP contribution in [-0.2, 0) is 28.6 Å². The first-order valence-corrected chi connectivity index (χ1v) is 10.6. The van der Waals surface area contributed by atoms with Crippen LogP contribution >= 0.6 is 0 Å². The number of hydrogen-bond donors (Lipinski definition) is 2. The number of carbonyl (C=O) groups is 4. The fraction of sp³-hybridized carbons (Fsp3) is 0.591. The molecule has 0 bridgehead atoms. The number of pyridine rings is 1. The van der Waals surface area contributed by atoms with Crippen LogP contribution in [0.2, 0.25) is 0 Å². The first kappa shape index (κ1) is 25.1. The Balaban J connectivity index is 2.24. The summed E-state index contributed by atoms with van der Waals surface area (Å²) in [6, 6.07) is 0.187.